The Morgan fingerprint density at radius 3 is 1.88 bits per heavy atom. The first-order chi connectivity index (χ1) is 28.7. The third-order valence-corrected chi connectivity index (χ3v) is 11.9. The van der Waals surface area contributed by atoms with Crippen molar-refractivity contribution in [1.29, 1.82) is 0 Å². The fourth-order valence-electron chi connectivity index (χ4n) is 9.17. The zero-order valence-corrected chi connectivity index (χ0v) is 31.5. The highest BCUT2D eigenvalue weighted by molar-refractivity contribution is 6.16. The number of rotatable bonds is 6. The predicted octanol–water partition coefficient (Wildman–Crippen LogP) is 15.0. The van der Waals surface area contributed by atoms with Gasteiger partial charge in [0.25, 0.3) is 0 Å². The minimum Gasteiger partial charge on any atom is -0.456 e. The number of para-hydroxylation sites is 3. The molecule has 0 spiro atoms. The molecule has 1 aliphatic heterocycles. The van der Waals surface area contributed by atoms with E-state index in [9.17, 15) is 0 Å². The van der Waals surface area contributed by atoms with Gasteiger partial charge in [0.05, 0.1) is 6.04 Å². The second-order valence-electron chi connectivity index (χ2n) is 15.4. The Morgan fingerprint density at radius 1 is 0.466 bits per heavy atom. The van der Waals surface area contributed by atoms with Crippen molar-refractivity contribution >= 4 is 77.8 Å². The second-order valence-corrected chi connectivity index (χ2v) is 15.4. The van der Waals surface area contributed by atoms with E-state index in [1.165, 1.54) is 44.8 Å². The number of hydrogen-bond donors (Lipinski definition) is 1. The second kappa shape index (κ2) is 13.0. The van der Waals surface area contributed by atoms with Gasteiger partial charge in [0, 0.05) is 61.5 Å². The summed E-state index contributed by atoms with van der Waals surface area (Å²) in [6.07, 6.45) is 5.80. The average Bonchev–Trinajstić information content (AvgIpc) is 3.82. The monoisotopic (exact) mass is 744 g/mol. The maximum Gasteiger partial charge on any atom is 0.139 e. The van der Waals surface area contributed by atoms with Crippen molar-refractivity contribution in [2.75, 3.05) is 10.2 Å². The quantitative estimate of drug-likeness (QED) is 0.184. The highest BCUT2D eigenvalue weighted by atomic mass is 16.3. The van der Waals surface area contributed by atoms with Gasteiger partial charge in [-0.25, -0.2) is 0 Å². The lowest BCUT2D eigenvalue weighted by Crippen LogP contribution is -2.35. The molecule has 0 saturated heterocycles. The lowest BCUT2D eigenvalue weighted by Gasteiger charge is -2.41. The molecule has 10 aromatic rings. The molecule has 4 nitrogen and oxygen atoms in total. The van der Waals surface area contributed by atoms with E-state index in [4.69, 9.17) is 8.83 Å². The van der Waals surface area contributed by atoms with Crippen LogP contribution in [0.15, 0.2) is 203 Å². The van der Waals surface area contributed by atoms with E-state index >= 15 is 0 Å². The van der Waals surface area contributed by atoms with E-state index in [1.807, 2.05) is 0 Å². The summed E-state index contributed by atoms with van der Waals surface area (Å²) in [6, 6.07) is 64.8. The molecular formula is C54H36N2O2. The van der Waals surface area contributed by atoms with Crippen LogP contribution in [-0.4, -0.2) is 6.04 Å². The molecule has 0 amide bonds. The zero-order chi connectivity index (χ0) is 38.2. The number of nitrogens with one attached hydrogen (secondary N) is 1. The molecule has 8 aromatic carbocycles. The van der Waals surface area contributed by atoms with Gasteiger partial charge in [-0.1, -0.05) is 121 Å². The molecule has 2 aliphatic rings. The van der Waals surface area contributed by atoms with Gasteiger partial charge in [-0.05, 0) is 107 Å². The topological polar surface area (TPSA) is 41.6 Å². The van der Waals surface area contributed by atoms with E-state index in [1.54, 1.807) is 0 Å². The number of allylic oxidation sites excluding steroid dienone is 2. The Balaban J connectivity index is 0.918. The van der Waals surface area contributed by atoms with Gasteiger partial charge in [-0.2, -0.15) is 0 Å². The maximum atomic E-state index is 6.48. The third-order valence-electron chi connectivity index (χ3n) is 11.9. The predicted molar refractivity (Wildman–Crippen MR) is 241 cm³/mol. The molecule has 0 saturated carbocycles. The van der Waals surface area contributed by atoms with Crippen molar-refractivity contribution in [2.45, 2.75) is 12.5 Å². The Bertz CT molecular complexity index is 3300. The summed E-state index contributed by atoms with van der Waals surface area (Å²) in [5, 5.41) is 8.04. The van der Waals surface area contributed by atoms with Crippen LogP contribution in [0.1, 0.15) is 17.5 Å². The summed E-state index contributed by atoms with van der Waals surface area (Å²) in [4.78, 5) is 2.49. The smallest absolute Gasteiger partial charge is 0.139 e. The number of hydrogen-bond acceptors (Lipinski definition) is 4. The van der Waals surface area contributed by atoms with Gasteiger partial charge in [0.15, 0.2) is 0 Å². The van der Waals surface area contributed by atoms with Crippen molar-refractivity contribution in [3.63, 3.8) is 0 Å². The maximum absolute atomic E-state index is 6.48. The number of benzene rings is 8. The van der Waals surface area contributed by atoms with Crippen molar-refractivity contribution in [3.05, 3.63) is 205 Å². The number of nitrogens with zero attached hydrogens (tertiary/aromatic N) is 1. The molecule has 2 aromatic heterocycles. The molecule has 58 heavy (non-hydrogen) atoms. The summed E-state index contributed by atoms with van der Waals surface area (Å²) < 4.78 is 12.9. The first-order valence-corrected chi connectivity index (χ1v) is 19.9. The molecule has 3 heterocycles. The molecule has 1 N–H and O–H groups in total. The van der Waals surface area contributed by atoms with Crippen LogP contribution in [-0.2, 0) is 0 Å². The van der Waals surface area contributed by atoms with E-state index < -0.39 is 0 Å². The molecular weight excluding hydrogens is 709 g/mol. The van der Waals surface area contributed by atoms with Crippen LogP contribution in [0, 0.1) is 0 Å². The van der Waals surface area contributed by atoms with Crippen molar-refractivity contribution in [2.24, 2.45) is 0 Å². The van der Waals surface area contributed by atoms with Crippen molar-refractivity contribution in [3.8, 4) is 22.3 Å². The first-order valence-electron chi connectivity index (χ1n) is 19.9. The van der Waals surface area contributed by atoms with Gasteiger partial charge in [-0.3, -0.25) is 0 Å². The minimum atomic E-state index is 0.219. The Kier molecular flexibility index (Phi) is 7.32. The normalized spacial score (nSPS) is 14.8. The molecule has 4 heteroatoms. The van der Waals surface area contributed by atoms with E-state index in [0.29, 0.717) is 0 Å². The fourth-order valence-corrected chi connectivity index (χ4v) is 9.17. The largest absolute Gasteiger partial charge is 0.456 e. The molecule has 2 bridgehead atoms. The third kappa shape index (κ3) is 5.37. The first kappa shape index (κ1) is 32.7. The Morgan fingerprint density at radius 2 is 1.09 bits per heavy atom. The molecule has 1 aliphatic carbocycles. The summed E-state index contributed by atoms with van der Waals surface area (Å²) >= 11 is 0. The molecule has 274 valence electrons. The standard InChI is InChI=1S/C54H36N2O2/c1-3-12-34(13-4-1)43-18-7-9-20-49(43)55-40-15-11-14-35(27-40)36-22-24-51-45(30-36)47-32-48-46-31-37(23-25-52(46)58-54(48)33-53(47)57-51)38-26-39-29-42(28-38)56(41-16-5-2-6-17-41)50-21-10-8-19-44(39)50/h1-28,30-33,42,55H,29H2. The molecule has 0 fully saturated rings. The highest BCUT2D eigenvalue weighted by Crippen LogP contribution is 2.47. The minimum absolute atomic E-state index is 0.219. The van der Waals surface area contributed by atoms with Gasteiger partial charge in [-0.15, -0.1) is 0 Å². The summed E-state index contributed by atoms with van der Waals surface area (Å²) in [7, 11) is 0. The number of anilines is 4. The van der Waals surface area contributed by atoms with Crippen LogP contribution in [0.4, 0.5) is 22.7 Å². The molecule has 1 unspecified atom stereocenters. The van der Waals surface area contributed by atoms with Gasteiger partial charge >= 0.3 is 0 Å². The van der Waals surface area contributed by atoms with E-state index in [2.05, 4.69) is 204 Å². The highest BCUT2D eigenvalue weighted by Gasteiger charge is 2.32. The molecule has 1 atom stereocenters. The van der Waals surface area contributed by atoms with E-state index in [0.717, 1.165) is 72.8 Å². The molecule has 12 rings (SSSR count). The Hall–Kier alpha value is -7.56. The summed E-state index contributed by atoms with van der Waals surface area (Å²) in [5.74, 6) is 0. The van der Waals surface area contributed by atoms with Crippen LogP contribution in [0.2, 0.25) is 0 Å². The van der Waals surface area contributed by atoms with Crippen LogP contribution >= 0.6 is 0 Å². The SMILES string of the molecule is C1=C(c2ccc3oc4cc5oc6ccc(-c7cccc(Nc8ccccc8-c8ccccc8)c7)cc6c5cc4c3c2)C=C2CC1N(c1ccccc1)c1ccccc12. The Labute approximate surface area is 335 Å². The average molecular weight is 745 g/mol. The van der Waals surface area contributed by atoms with Crippen LogP contribution in [0.25, 0.3) is 77.3 Å². The lowest BCUT2D eigenvalue weighted by atomic mass is 9.82. The van der Waals surface area contributed by atoms with E-state index in [-0.39, 0.29) is 6.04 Å². The summed E-state index contributed by atoms with van der Waals surface area (Å²) in [6.45, 7) is 0. The van der Waals surface area contributed by atoms with Crippen molar-refractivity contribution in [1.82, 2.24) is 0 Å². The van der Waals surface area contributed by atoms with Gasteiger partial charge in [0.1, 0.15) is 22.3 Å². The zero-order valence-electron chi connectivity index (χ0n) is 31.5. The molecule has 0 radical (unpaired) electrons. The van der Waals surface area contributed by atoms with Crippen LogP contribution in [0.3, 0.4) is 0 Å². The van der Waals surface area contributed by atoms with Crippen molar-refractivity contribution < 1.29 is 8.83 Å². The van der Waals surface area contributed by atoms with Gasteiger partial charge < -0.3 is 19.1 Å². The number of fused-ring (bicyclic) bond motifs is 10. The fraction of sp³-hybridized carbons (Fsp3) is 0.0370. The van der Waals surface area contributed by atoms with Crippen LogP contribution in [0.5, 0.6) is 0 Å². The summed E-state index contributed by atoms with van der Waals surface area (Å²) in [5.41, 5.74) is 17.6. The van der Waals surface area contributed by atoms with Gasteiger partial charge in [0.2, 0.25) is 0 Å². The number of furan rings is 2. The van der Waals surface area contributed by atoms with Crippen LogP contribution < -0.4 is 10.2 Å². The lowest BCUT2D eigenvalue weighted by molar-refractivity contribution is 0.656.